The first-order valence-corrected chi connectivity index (χ1v) is 10.9. The van der Waals surface area contributed by atoms with Crippen LogP contribution in [0.15, 0.2) is 42.5 Å². The molecule has 29 heavy (non-hydrogen) atoms. The summed E-state index contributed by atoms with van der Waals surface area (Å²) in [6.07, 6.45) is -4.23. The Morgan fingerprint density at radius 2 is 1.48 bits per heavy atom. The average molecular weight is 427 g/mol. The minimum Gasteiger partial charge on any atom is -0.294 e. The zero-order valence-corrected chi connectivity index (χ0v) is 17.7. The summed E-state index contributed by atoms with van der Waals surface area (Å²) >= 11 is 0. The van der Waals surface area contributed by atoms with E-state index in [1.54, 1.807) is 52.0 Å². The highest BCUT2D eigenvalue weighted by molar-refractivity contribution is 7.91. The van der Waals surface area contributed by atoms with Gasteiger partial charge in [0.25, 0.3) is 0 Å². The third-order valence-corrected chi connectivity index (χ3v) is 7.37. The summed E-state index contributed by atoms with van der Waals surface area (Å²) < 4.78 is 62.8. The molecule has 7 heteroatoms. The van der Waals surface area contributed by atoms with E-state index >= 15 is 0 Å². The van der Waals surface area contributed by atoms with Crippen LogP contribution in [-0.4, -0.2) is 18.9 Å². The van der Waals surface area contributed by atoms with Gasteiger partial charge >= 0.3 is 6.18 Å². The maximum absolute atomic E-state index is 13.0. The quantitative estimate of drug-likeness (QED) is 0.581. The van der Waals surface area contributed by atoms with Gasteiger partial charge in [0.2, 0.25) is 0 Å². The number of halogens is 3. The van der Waals surface area contributed by atoms with Crippen molar-refractivity contribution in [2.45, 2.75) is 57.2 Å². The van der Waals surface area contributed by atoms with Gasteiger partial charge in [0.05, 0.1) is 16.1 Å². The van der Waals surface area contributed by atoms with Crippen molar-refractivity contribution in [3.8, 4) is 0 Å². The van der Waals surface area contributed by atoms with Crippen LogP contribution in [0.25, 0.3) is 0 Å². The van der Waals surface area contributed by atoms with Crippen LogP contribution >= 0.6 is 0 Å². The Hall–Kier alpha value is -2.15. The molecule has 0 aliphatic heterocycles. The molecule has 0 N–H and O–H groups in total. The predicted molar refractivity (Wildman–Crippen MR) is 108 cm³/mol. The maximum atomic E-state index is 13.0. The second-order valence-electron chi connectivity index (χ2n) is 8.01. The predicted octanol–water partition coefficient (Wildman–Crippen LogP) is 5.41. The highest BCUT2D eigenvalue weighted by Gasteiger charge is 2.33. The lowest BCUT2D eigenvalue weighted by atomic mass is 9.97. The first-order valence-electron chi connectivity index (χ1n) is 9.28. The van der Waals surface area contributed by atoms with Gasteiger partial charge in [0.15, 0.2) is 15.6 Å². The Kier molecular flexibility index (Phi) is 6.62. The molecule has 0 atom stereocenters. The number of sulfone groups is 1. The molecule has 2 aromatic rings. The van der Waals surface area contributed by atoms with E-state index in [0.29, 0.717) is 16.7 Å². The van der Waals surface area contributed by atoms with Gasteiger partial charge in [0, 0.05) is 12.0 Å². The van der Waals surface area contributed by atoms with Crippen molar-refractivity contribution >= 4 is 15.6 Å². The lowest BCUT2D eigenvalue weighted by Gasteiger charge is -2.19. The molecule has 0 bridgehead atoms. The number of Topliss-reactive ketones (excluding diaryl/α,β-unsaturated/α-hetero) is 1. The fourth-order valence-electron chi connectivity index (χ4n) is 2.84. The van der Waals surface area contributed by atoms with Crippen LogP contribution in [0, 0.1) is 0 Å². The highest BCUT2D eigenvalue weighted by Crippen LogP contribution is 2.33. The molecule has 0 heterocycles. The van der Waals surface area contributed by atoms with Crippen molar-refractivity contribution in [2.75, 3.05) is 0 Å². The number of hydrogen-bond acceptors (Lipinski definition) is 3. The standard InChI is InChI=1S/C22H25F3O3S/c1-5-17-12-16(8-11-19(17)22(23,24)25)13-20(26)18-9-6-15(7-10-18)14-29(27,28)21(2,3)4/h6-12H,5,13-14H2,1-4H3. The van der Waals surface area contributed by atoms with Gasteiger partial charge in [-0.3, -0.25) is 4.79 Å². The van der Waals surface area contributed by atoms with Gasteiger partial charge < -0.3 is 0 Å². The Balaban J connectivity index is 2.16. The summed E-state index contributed by atoms with van der Waals surface area (Å²) in [5.74, 6) is -0.360. The number of carbonyl (C=O) groups excluding carboxylic acids is 1. The van der Waals surface area contributed by atoms with Crippen LogP contribution in [0.2, 0.25) is 0 Å². The van der Waals surface area contributed by atoms with Crippen molar-refractivity contribution in [3.63, 3.8) is 0 Å². The van der Waals surface area contributed by atoms with Gasteiger partial charge in [-0.2, -0.15) is 13.2 Å². The SMILES string of the molecule is CCc1cc(CC(=O)c2ccc(CS(=O)(=O)C(C)(C)C)cc2)ccc1C(F)(F)F. The van der Waals surface area contributed by atoms with E-state index < -0.39 is 26.3 Å². The minimum absolute atomic E-state index is 0.0230. The third-order valence-electron chi connectivity index (χ3n) is 4.79. The molecule has 2 aromatic carbocycles. The lowest BCUT2D eigenvalue weighted by molar-refractivity contribution is -0.138. The average Bonchev–Trinajstić information content (AvgIpc) is 2.60. The molecule has 0 aliphatic rings. The van der Waals surface area contributed by atoms with Gasteiger partial charge in [-0.15, -0.1) is 0 Å². The van der Waals surface area contributed by atoms with E-state index in [2.05, 4.69) is 0 Å². The van der Waals surface area contributed by atoms with E-state index in [1.165, 1.54) is 12.1 Å². The fourth-order valence-corrected chi connectivity index (χ4v) is 3.90. The zero-order valence-electron chi connectivity index (χ0n) is 16.9. The van der Waals surface area contributed by atoms with Crippen LogP contribution in [0.1, 0.15) is 60.3 Å². The van der Waals surface area contributed by atoms with Gasteiger partial charge in [-0.1, -0.05) is 43.3 Å². The monoisotopic (exact) mass is 426 g/mol. The van der Waals surface area contributed by atoms with Crippen LogP contribution in [-0.2, 0) is 34.6 Å². The van der Waals surface area contributed by atoms with E-state index in [-0.39, 0.29) is 29.9 Å². The lowest BCUT2D eigenvalue weighted by Crippen LogP contribution is -2.29. The topological polar surface area (TPSA) is 51.2 Å². The number of alkyl halides is 3. The van der Waals surface area contributed by atoms with Crippen molar-refractivity contribution in [3.05, 3.63) is 70.3 Å². The summed E-state index contributed by atoms with van der Waals surface area (Å²) in [7, 11) is -3.33. The molecular weight excluding hydrogens is 401 g/mol. The minimum atomic E-state index is -4.42. The number of ketones is 1. The summed E-state index contributed by atoms with van der Waals surface area (Å²) in [4.78, 5) is 12.5. The summed E-state index contributed by atoms with van der Waals surface area (Å²) in [5.41, 5.74) is 0.963. The summed E-state index contributed by atoms with van der Waals surface area (Å²) in [5, 5.41) is 0. The second-order valence-corrected chi connectivity index (χ2v) is 10.8. The number of hydrogen-bond donors (Lipinski definition) is 0. The molecule has 0 radical (unpaired) electrons. The number of rotatable bonds is 6. The Bertz CT molecular complexity index is 983. The molecule has 0 saturated carbocycles. The summed E-state index contributed by atoms with van der Waals surface area (Å²) in [6.45, 7) is 6.54. The van der Waals surface area contributed by atoms with Gasteiger partial charge in [-0.05, 0) is 49.9 Å². The molecule has 2 rings (SSSR count). The molecule has 158 valence electrons. The molecule has 0 amide bonds. The fraction of sp³-hybridized carbons (Fsp3) is 0.409. The number of benzene rings is 2. The highest BCUT2D eigenvalue weighted by atomic mass is 32.2. The van der Waals surface area contributed by atoms with Crippen LogP contribution in [0.4, 0.5) is 13.2 Å². The summed E-state index contributed by atoms with van der Waals surface area (Å²) in [6, 6.07) is 10.1. The van der Waals surface area contributed by atoms with Crippen LogP contribution in [0.5, 0.6) is 0 Å². The van der Waals surface area contributed by atoms with Crippen molar-refractivity contribution in [1.82, 2.24) is 0 Å². The van der Waals surface area contributed by atoms with Crippen molar-refractivity contribution < 1.29 is 26.4 Å². The normalized spacial score (nSPS) is 12.8. The molecule has 0 unspecified atom stereocenters. The van der Waals surface area contributed by atoms with E-state index in [4.69, 9.17) is 0 Å². The second kappa shape index (κ2) is 8.30. The molecular formula is C22H25F3O3S. The molecule has 0 fully saturated rings. The van der Waals surface area contributed by atoms with Crippen LogP contribution < -0.4 is 0 Å². The number of carbonyl (C=O) groups is 1. The van der Waals surface area contributed by atoms with Crippen LogP contribution in [0.3, 0.4) is 0 Å². The van der Waals surface area contributed by atoms with E-state index in [0.717, 1.165) is 6.07 Å². The maximum Gasteiger partial charge on any atom is 0.416 e. The number of aryl methyl sites for hydroxylation is 1. The van der Waals surface area contributed by atoms with Gasteiger partial charge in [-0.25, -0.2) is 8.42 Å². The third kappa shape index (κ3) is 5.69. The van der Waals surface area contributed by atoms with Crippen molar-refractivity contribution in [1.29, 1.82) is 0 Å². The molecule has 0 saturated heterocycles. The first kappa shape index (κ1) is 23.1. The Labute approximate surface area is 169 Å². The van der Waals surface area contributed by atoms with E-state index in [9.17, 15) is 26.4 Å². The van der Waals surface area contributed by atoms with E-state index in [1.807, 2.05) is 0 Å². The Morgan fingerprint density at radius 3 is 1.97 bits per heavy atom. The van der Waals surface area contributed by atoms with Gasteiger partial charge in [0.1, 0.15) is 0 Å². The smallest absolute Gasteiger partial charge is 0.294 e. The molecule has 0 aromatic heterocycles. The molecule has 0 aliphatic carbocycles. The first-order chi connectivity index (χ1) is 13.2. The largest absolute Gasteiger partial charge is 0.416 e. The van der Waals surface area contributed by atoms with Crippen molar-refractivity contribution in [2.24, 2.45) is 0 Å². The molecule has 3 nitrogen and oxygen atoms in total. The Morgan fingerprint density at radius 1 is 0.931 bits per heavy atom. The molecule has 0 spiro atoms. The zero-order chi connectivity index (χ0) is 22.0.